The van der Waals surface area contributed by atoms with Gasteiger partial charge in [-0.15, -0.1) is 0 Å². The molecule has 0 atom stereocenters. The zero-order valence-electron chi connectivity index (χ0n) is 9.23. The SMILES string of the molecule is Cc1cc(C(=O)NCCS(N)(=O)=O)ccc1F. The lowest BCUT2D eigenvalue weighted by Gasteiger charge is -2.05. The second-order valence-corrected chi connectivity index (χ2v) is 5.32. The average Bonchev–Trinajstić information content (AvgIpc) is 2.20. The number of halogens is 1. The first-order valence-electron chi connectivity index (χ1n) is 4.84. The highest BCUT2D eigenvalue weighted by molar-refractivity contribution is 7.89. The van der Waals surface area contributed by atoms with E-state index in [2.05, 4.69) is 5.32 Å². The van der Waals surface area contributed by atoms with Gasteiger partial charge in [-0.05, 0) is 30.7 Å². The summed E-state index contributed by atoms with van der Waals surface area (Å²) in [5.41, 5.74) is 0.627. The number of amides is 1. The van der Waals surface area contributed by atoms with Crippen LogP contribution in [0.1, 0.15) is 15.9 Å². The Morgan fingerprint density at radius 3 is 2.65 bits per heavy atom. The van der Waals surface area contributed by atoms with Crippen LogP contribution >= 0.6 is 0 Å². The van der Waals surface area contributed by atoms with E-state index in [0.29, 0.717) is 5.56 Å². The summed E-state index contributed by atoms with van der Waals surface area (Å²) >= 11 is 0. The summed E-state index contributed by atoms with van der Waals surface area (Å²) in [5.74, 6) is -1.19. The van der Waals surface area contributed by atoms with E-state index in [4.69, 9.17) is 5.14 Å². The normalized spacial score (nSPS) is 11.2. The molecule has 0 saturated heterocycles. The Bertz CT molecular complexity index is 528. The molecule has 0 aliphatic heterocycles. The van der Waals surface area contributed by atoms with E-state index >= 15 is 0 Å². The number of sulfonamides is 1. The third-order valence-electron chi connectivity index (χ3n) is 2.09. The first-order chi connectivity index (χ1) is 7.79. The van der Waals surface area contributed by atoms with Gasteiger partial charge in [0.2, 0.25) is 10.0 Å². The van der Waals surface area contributed by atoms with Gasteiger partial charge in [-0.1, -0.05) is 0 Å². The first-order valence-corrected chi connectivity index (χ1v) is 6.56. The zero-order chi connectivity index (χ0) is 13.1. The van der Waals surface area contributed by atoms with Gasteiger partial charge in [0, 0.05) is 12.1 Å². The molecular formula is C10H13FN2O3S. The number of rotatable bonds is 4. The van der Waals surface area contributed by atoms with Crippen molar-refractivity contribution in [2.45, 2.75) is 6.92 Å². The van der Waals surface area contributed by atoms with Gasteiger partial charge in [0.25, 0.3) is 5.91 Å². The summed E-state index contributed by atoms with van der Waals surface area (Å²) in [4.78, 5) is 11.5. The second kappa shape index (κ2) is 5.24. The molecule has 3 N–H and O–H groups in total. The lowest BCUT2D eigenvalue weighted by Crippen LogP contribution is -2.31. The molecule has 7 heteroatoms. The zero-order valence-corrected chi connectivity index (χ0v) is 10.1. The molecule has 94 valence electrons. The molecule has 0 bridgehead atoms. The highest BCUT2D eigenvalue weighted by Crippen LogP contribution is 2.08. The number of benzene rings is 1. The number of carbonyl (C=O) groups is 1. The predicted octanol–water partition coefficient (Wildman–Crippen LogP) is 0.152. The third-order valence-corrected chi connectivity index (χ3v) is 2.87. The molecule has 0 aromatic heterocycles. The first kappa shape index (κ1) is 13.6. The summed E-state index contributed by atoms with van der Waals surface area (Å²) in [6.45, 7) is 1.46. The topological polar surface area (TPSA) is 89.3 Å². The maximum atomic E-state index is 12.9. The molecule has 1 rings (SSSR count). The Kier molecular flexibility index (Phi) is 4.19. The molecule has 1 aromatic carbocycles. The minimum atomic E-state index is -3.59. The quantitative estimate of drug-likeness (QED) is 0.807. The van der Waals surface area contributed by atoms with E-state index < -0.39 is 21.7 Å². The molecule has 0 unspecified atom stereocenters. The van der Waals surface area contributed by atoms with Gasteiger partial charge in [-0.2, -0.15) is 0 Å². The van der Waals surface area contributed by atoms with E-state index in [1.807, 2.05) is 0 Å². The van der Waals surface area contributed by atoms with Crippen LogP contribution in [-0.4, -0.2) is 26.6 Å². The van der Waals surface area contributed by atoms with Crippen LogP contribution < -0.4 is 10.5 Å². The van der Waals surface area contributed by atoms with Gasteiger partial charge in [0.05, 0.1) is 5.75 Å². The molecule has 1 amide bonds. The fourth-order valence-electron chi connectivity index (χ4n) is 1.19. The van der Waals surface area contributed by atoms with E-state index in [1.54, 1.807) is 0 Å². The fourth-order valence-corrected chi connectivity index (χ4v) is 1.58. The smallest absolute Gasteiger partial charge is 0.251 e. The van der Waals surface area contributed by atoms with Crippen LogP contribution in [0, 0.1) is 12.7 Å². The lowest BCUT2D eigenvalue weighted by atomic mass is 10.1. The van der Waals surface area contributed by atoms with Crippen molar-refractivity contribution in [3.05, 3.63) is 35.1 Å². The van der Waals surface area contributed by atoms with Gasteiger partial charge in [-0.25, -0.2) is 17.9 Å². The molecule has 0 aliphatic rings. The van der Waals surface area contributed by atoms with Crippen molar-refractivity contribution in [2.75, 3.05) is 12.3 Å². The Morgan fingerprint density at radius 2 is 2.12 bits per heavy atom. The predicted molar refractivity (Wildman–Crippen MR) is 61.4 cm³/mol. The maximum absolute atomic E-state index is 12.9. The number of hydrogen-bond donors (Lipinski definition) is 2. The minimum Gasteiger partial charge on any atom is -0.351 e. The highest BCUT2D eigenvalue weighted by atomic mass is 32.2. The molecule has 1 aromatic rings. The van der Waals surface area contributed by atoms with E-state index in [1.165, 1.54) is 25.1 Å². The number of nitrogens with one attached hydrogen (secondary N) is 1. The average molecular weight is 260 g/mol. The Labute approximate surface area is 98.9 Å². The van der Waals surface area contributed by atoms with Crippen LogP contribution in [0.25, 0.3) is 0 Å². The van der Waals surface area contributed by atoms with Gasteiger partial charge >= 0.3 is 0 Å². The Morgan fingerprint density at radius 1 is 1.47 bits per heavy atom. The second-order valence-electron chi connectivity index (χ2n) is 3.59. The molecule has 0 spiro atoms. The van der Waals surface area contributed by atoms with Crippen molar-refractivity contribution < 1.29 is 17.6 Å². The van der Waals surface area contributed by atoms with Crippen LogP contribution in [-0.2, 0) is 10.0 Å². The summed E-state index contributed by atoms with van der Waals surface area (Å²) < 4.78 is 34.2. The van der Waals surface area contributed by atoms with E-state index in [-0.39, 0.29) is 17.9 Å². The van der Waals surface area contributed by atoms with Crippen molar-refractivity contribution in [1.29, 1.82) is 0 Å². The van der Waals surface area contributed by atoms with Crippen LogP contribution in [0.4, 0.5) is 4.39 Å². The van der Waals surface area contributed by atoms with Crippen molar-refractivity contribution in [3.63, 3.8) is 0 Å². The molecule has 0 heterocycles. The molecule has 0 saturated carbocycles. The number of carbonyl (C=O) groups excluding carboxylic acids is 1. The van der Waals surface area contributed by atoms with Crippen molar-refractivity contribution in [3.8, 4) is 0 Å². The van der Waals surface area contributed by atoms with Crippen molar-refractivity contribution in [2.24, 2.45) is 5.14 Å². The van der Waals surface area contributed by atoms with E-state index in [9.17, 15) is 17.6 Å². The van der Waals surface area contributed by atoms with Gasteiger partial charge in [0.15, 0.2) is 0 Å². The van der Waals surface area contributed by atoms with Gasteiger partial charge in [0.1, 0.15) is 5.82 Å². The molecule has 5 nitrogen and oxygen atoms in total. The Hall–Kier alpha value is -1.47. The Balaban J connectivity index is 2.61. The molecular weight excluding hydrogens is 247 g/mol. The number of aryl methyl sites for hydroxylation is 1. The standard InChI is InChI=1S/C10H13FN2O3S/c1-7-6-8(2-3-9(7)11)10(14)13-4-5-17(12,15)16/h2-3,6H,4-5H2,1H3,(H,13,14)(H2,12,15,16). The van der Waals surface area contributed by atoms with Crippen LogP contribution in [0.15, 0.2) is 18.2 Å². The summed E-state index contributed by atoms with van der Waals surface area (Å²) in [6, 6.07) is 3.90. The van der Waals surface area contributed by atoms with Crippen LogP contribution in [0.3, 0.4) is 0 Å². The van der Waals surface area contributed by atoms with Gasteiger partial charge in [-0.3, -0.25) is 4.79 Å². The number of hydrogen-bond acceptors (Lipinski definition) is 3. The summed E-state index contributed by atoms with van der Waals surface area (Å²) in [7, 11) is -3.59. The minimum absolute atomic E-state index is 0.0753. The third kappa shape index (κ3) is 4.49. The largest absolute Gasteiger partial charge is 0.351 e. The summed E-state index contributed by atoms with van der Waals surface area (Å²) in [5, 5.41) is 7.16. The van der Waals surface area contributed by atoms with Gasteiger partial charge < -0.3 is 5.32 Å². The molecule has 0 aliphatic carbocycles. The number of nitrogens with two attached hydrogens (primary N) is 1. The molecule has 17 heavy (non-hydrogen) atoms. The lowest BCUT2D eigenvalue weighted by molar-refractivity contribution is 0.0956. The molecule has 0 fully saturated rings. The fraction of sp³-hybridized carbons (Fsp3) is 0.300. The van der Waals surface area contributed by atoms with Crippen molar-refractivity contribution in [1.82, 2.24) is 5.32 Å². The summed E-state index contributed by atoms with van der Waals surface area (Å²) in [6.07, 6.45) is 0. The van der Waals surface area contributed by atoms with Crippen LogP contribution in [0.2, 0.25) is 0 Å². The van der Waals surface area contributed by atoms with Crippen molar-refractivity contribution >= 4 is 15.9 Å². The van der Waals surface area contributed by atoms with E-state index in [0.717, 1.165) is 0 Å². The monoisotopic (exact) mass is 260 g/mol. The highest BCUT2D eigenvalue weighted by Gasteiger charge is 2.08. The molecule has 0 radical (unpaired) electrons. The van der Waals surface area contributed by atoms with Crippen LogP contribution in [0.5, 0.6) is 0 Å². The number of primary sulfonamides is 1. The maximum Gasteiger partial charge on any atom is 0.251 e.